The van der Waals surface area contributed by atoms with Gasteiger partial charge in [0.25, 0.3) is 0 Å². The summed E-state index contributed by atoms with van der Waals surface area (Å²) in [5.41, 5.74) is 0. The number of rotatable bonds is 10. The van der Waals surface area contributed by atoms with Crippen molar-refractivity contribution in [2.45, 2.75) is 88.1 Å². The molecule has 224 valence electrons. The summed E-state index contributed by atoms with van der Waals surface area (Å²) >= 11 is 8.62. The van der Waals surface area contributed by atoms with Crippen LogP contribution in [-0.2, 0) is 0 Å². The zero-order chi connectivity index (χ0) is 27.3. The first kappa shape index (κ1) is 29.0. The average molecular weight is 608 g/mol. The van der Waals surface area contributed by atoms with Crippen LogP contribution in [0.25, 0.3) is 0 Å². The Morgan fingerprint density at radius 2 is 1.00 bits per heavy atom. The van der Waals surface area contributed by atoms with Crippen molar-refractivity contribution in [2.24, 2.45) is 15.0 Å². The number of hydrogen-bond donors (Lipinski definition) is 4. The van der Waals surface area contributed by atoms with E-state index < -0.39 is 0 Å². The third-order valence-electron chi connectivity index (χ3n) is 9.20. The number of hydrogen-bond acceptors (Lipinski definition) is 12. The summed E-state index contributed by atoms with van der Waals surface area (Å²) < 4.78 is 0. The number of aliphatic imine (C=N–C) groups is 3. The Kier molecular flexibility index (Phi) is 10.1. The highest BCUT2D eigenvalue weighted by Gasteiger charge is 2.31. The fraction of sp³-hybridized carbons (Fsp3) is 0.893. The predicted molar refractivity (Wildman–Crippen MR) is 176 cm³/mol. The number of nitrogens with one attached hydrogen (secondary N) is 3. The quantitative estimate of drug-likeness (QED) is 0.282. The van der Waals surface area contributed by atoms with Gasteiger partial charge in [-0.15, -0.1) is 0 Å². The number of fused-ring (bicyclic) bond motifs is 3. The highest BCUT2D eigenvalue weighted by Crippen LogP contribution is 2.23. The first-order valence-corrected chi connectivity index (χ1v) is 18.6. The molecule has 0 unspecified atom stereocenters. The first-order chi connectivity index (χ1) is 19.7. The highest BCUT2D eigenvalue weighted by atomic mass is 32.2. The molecule has 6 atom stereocenters. The van der Waals surface area contributed by atoms with Crippen LogP contribution >= 0.6 is 36.2 Å². The lowest BCUT2D eigenvalue weighted by atomic mass is 10.1. The van der Waals surface area contributed by atoms with Gasteiger partial charge in [-0.3, -0.25) is 0 Å². The van der Waals surface area contributed by atoms with Crippen molar-refractivity contribution >= 4 is 54.0 Å². The molecule has 0 bridgehead atoms. The zero-order valence-electron chi connectivity index (χ0n) is 24.1. The van der Waals surface area contributed by atoms with Gasteiger partial charge in [-0.2, -0.15) is 36.2 Å². The van der Waals surface area contributed by atoms with Gasteiger partial charge in [-0.05, 0) is 44.9 Å². The van der Waals surface area contributed by atoms with Gasteiger partial charge in [-0.25, -0.2) is 15.0 Å². The molecule has 6 rings (SSSR count). The van der Waals surface area contributed by atoms with Gasteiger partial charge < -0.3 is 30.7 Å². The molecule has 0 saturated carbocycles. The molecule has 0 aromatic rings. The van der Waals surface area contributed by atoms with Gasteiger partial charge in [0.05, 0.1) is 18.1 Å². The van der Waals surface area contributed by atoms with Crippen LogP contribution in [0.5, 0.6) is 0 Å². The van der Waals surface area contributed by atoms with E-state index in [1.54, 1.807) is 0 Å². The third kappa shape index (κ3) is 7.25. The van der Waals surface area contributed by atoms with E-state index >= 15 is 0 Å². The first-order valence-electron chi connectivity index (χ1n) is 15.7. The molecule has 12 heteroatoms. The van der Waals surface area contributed by atoms with E-state index in [0.717, 1.165) is 98.8 Å². The lowest BCUT2D eigenvalue weighted by Gasteiger charge is -2.41. The average Bonchev–Trinajstić information content (AvgIpc) is 3.00. The molecule has 40 heavy (non-hydrogen) atoms. The van der Waals surface area contributed by atoms with Crippen LogP contribution in [0, 0.1) is 0 Å². The van der Waals surface area contributed by atoms with Gasteiger partial charge in [0.1, 0.15) is 0 Å². The number of thioether (sulfide) groups is 2. The zero-order valence-corrected chi connectivity index (χ0v) is 26.7. The molecule has 3 saturated heterocycles. The SMILES string of the molecule is CC[C@H]1CCN2CC[C@H](CSC[C@H]3CCN4CC[C@H](CSC[C@H]5CCN6CC[C@H](CS)N=C6N5)NC4=N3)NC2=N1. The topological polar surface area (TPSA) is 82.9 Å². The predicted octanol–water partition coefficient (Wildman–Crippen LogP) is 2.17. The van der Waals surface area contributed by atoms with E-state index in [0.29, 0.717) is 36.3 Å². The largest absolute Gasteiger partial charge is 0.353 e. The molecule has 9 nitrogen and oxygen atoms in total. The second-order valence-corrected chi connectivity index (χ2v) is 14.7. The van der Waals surface area contributed by atoms with Crippen molar-refractivity contribution in [2.75, 3.05) is 68.0 Å². The van der Waals surface area contributed by atoms with Gasteiger partial charge >= 0.3 is 0 Å². The molecule has 0 amide bonds. The summed E-state index contributed by atoms with van der Waals surface area (Å²) in [6.07, 6.45) is 8.30. The van der Waals surface area contributed by atoms with Gasteiger partial charge in [0, 0.05) is 86.2 Å². The fourth-order valence-electron chi connectivity index (χ4n) is 6.55. The second-order valence-electron chi connectivity index (χ2n) is 12.2. The van der Waals surface area contributed by atoms with Crippen LogP contribution in [0.4, 0.5) is 0 Å². The molecule has 6 aliphatic rings. The van der Waals surface area contributed by atoms with Crippen LogP contribution < -0.4 is 16.0 Å². The number of nitrogens with zero attached hydrogens (tertiary/aromatic N) is 6. The maximum absolute atomic E-state index is 5.19. The summed E-state index contributed by atoms with van der Waals surface area (Å²) in [4.78, 5) is 22.4. The maximum Gasteiger partial charge on any atom is 0.194 e. The van der Waals surface area contributed by atoms with Crippen molar-refractivity contribution < 1.29 is 0 Å². The monoisotopic (exact) mass is 607 g/mol. The third-order valence-corrected chi connectivity index (χ3v) is 12.2. The number of guanidine groups is 3. The summed E-state index contributed by atoms with van der Waals surface area (Å²) in [5, 5.41) is 11.3. The van der Waals surface area contributed by atoms with Crippen LogP contribution in [-0.4, -0.2) is 137 Å². The van der Waals surface area contributed by atoms with Crippen molar-refractivity contribution in [3.63, 3.8) is 0 Å². The molecule has 6 heterocycles. The Morgan fingerprint density at radius 1 is 0.600 bits per heavy atom. The van der Waals surface area contributed by atoms with Crippen LogP contribution in [0.3, 0.4) is 0 Å². The summed E-state index contributed by atoms with van der Waals surface area (Å²) in [7, 11) is 0. The molecule has 0 aromatic carbocycles. The molecular formula is C28H49N9S3. The van der Waals surface area contributed by atoms with E-state index in [2.05, 4.69) is 73.7 Å². The van der Waals surface area contributed by atoms with Gasteiger partial charge in [0.2, 0.25) is 0 Å². The van der Waals surface area contributed by atoms with Gasteiger partial charge in [-0.1, -0.05) is 6.92 Å². The fourth-order valence-corrected chi connectivity index (χ4v) is 9.20. The van der Waals surface area contributed by atoms with E-state index in [9.17, 15) is 0 Å². The highest BCUT2D eigenvalue weighted by molar-refractivity contribution is 7.99. The lowest BCUT2D eigenvalue weighted by Crippen LogP contribution is -2.57. The van der Waals surface area contributed by atoms with Crippen molar-refractivity contribution in [3.05, 3.63) is 0 Å². The van der Waals surface area contributed by atoms with E-state index in [1.165, 1.54) is 32.1 Å². The van der Waals surface area contributed by atoms with Crippen LogP contribution in [0.15, 0.2) is 15.0 Å². The Balaban J connectivity index is 0.913. The van der Waals surface area contributed by atoms with Crippen LogP contribution in [0.2, 0.25) is 0 Å². The summed E-state index contributed by atoms with van der Waals surface area (Å²) in [6.45, 7) is 9.09. The minimum Gasteiger partial charge on any atom is -0.353 e. The normalized spacial score (nSPS) is 33.8. The summed E-state index contributed by atoms with van der Waals surface area (Å²) in [5.74, 6) is 8.83. The Hall–Kier alpha value is -1.14. The van der Waals surface area contributed by atoms with Gasteiger partial charge in [0.15, 0.2) is 17.9 Å². The lowest BCUT2D eigenvalue weighted by molar-refractivity contribution is 0.298. The van der Waals surface area contributed by atoms with Crippen LogP contribution in [0.1, 0.15) is 51.9 Å². The Morgan fingerprint density at radius 3 is 1.50 bits per heavy atom. The Labute approximate surface area is 255 Å². The maximum atomic E-state index is 5.19. The molecule has 3 N–H and O–H groups in total. The minimum atomic E-state index is 0.372. The van der Waals surface area contributed by atoms with E-state index in [4.69, 9.17) is 15.0 Å². The molecule has 0 spiro atoms. The van der Waals surface area contributed by atoms with Crippen molar-refractivity contribution in [1.82, 2.24) is 30.7 Å². The molecule has 0 radical (unpaired) electrons. The van der Waals surface area contributed by atoms with E-state index in [1.807, 2.05) is 0 Å². The number of thiol groups is 1. The smallest absolute Gasteiger partial charge is 0.194 e. The molecule has 3 fully saturated rings. The Bertz CT molecular complexity index is 946. The molecule has 6 aliphatic heterocycles. The second kappa shape index (κ2) is 13.9. The molecular weight excluding hydrogens is 559 g/mol. The van der Waals surface area contributed by atoms with E-state index in [-0.39, 0.29) is 0 Å². The van der Waals surface area contributed by atoms with Crippen molar-refractivity contribution in [1.29, 1.82) is 0 Å². The summed E-state index contributed by atoms with van der Waals surface area (Å²) in [6, 6.07) is 2.88. The standard InChI is InChI=1S/C28H49N9S3/c1-2-20-3-9-35-11-5-22(31-26(35)29-20)16-39-18-24-7-13-37-14-8-25(34-28(37)33-24)19-40-17-23-6-12-36-10-4-21(15-38)30-27(36)32-23/h20-25,38H,2-19H2,1H3,(H,29,31)(H,30,32)(H,33,34)/t20-,21+,22+,23+,24+,25+/m0/s1. The van der Waals surface area contributed by atoms with Crippen molar-refractivity contribution in [3.8, 4) is 0 Å². The minimum absolute atomic E-state index is 0.372. The molecule has 0 aliphatic carbocycles. The molecule has 0 aromatic heterocycles.